The first-order chi connectivity index (χ1) is 16.6. The van der Waals surface area contributed by atoms with Gasteiger partial charge >= 0.3 is 0 Å². The number of ether oxygens (including phenoxy) is 4. The second-order valence-electron chi connectivity index (χ2n) is 8.63. The number of carbonyl (C=O) groups excluding carboxylic acids is 3. The normalized spacial score (nSPS) is 20.8. The van der Waals surface area contributed by atoms with Crippen LogP contribution in [0.4, 0.5) is 5.69 Å². The molecule has 0 radical (unpaired) electrons. The number of benzene rings is 2. The van der Waals surface area contributed by atoms with Crippen molar-refractivity contribution in [2.24, 2.45) is 5.92 Å². The second-order valence-corrected chi connectivity index (χ2v) is 8.63. The Kier molecular flexibility index (Phi) is 4.93. The summed E-state index contributed by atoms with van der Waals surface area (Å²) in [7, 11) is 0. The van der Waals surface area contributed by atoms with Crippen LogP contribution in [0.5, 0.6) is 23.0 Å². The number of piperazine rings is 1. The molecule has 0 N–H and O–H groups in total. The van der Waals surface area contributed by atoms with Crippen LogP contribution in [0.3, 0.4) is 0 Å². The highest BCUT2D eigenvalue weighted by Gasteiger charge is 2.38. The molecule has 34 heavy (non-hydrogen) atoms. The van der Waals surface area contributed by atoms with Crippen molar-refractivity contribution >= 4 is 23.4 Å². The van der Waals surface area contributed by atoms with Gasteiger partial charge < -0.3 is 33.6 Å². The smallest absolute Gasteiger partial charge is 0.254 e. The predicted octanol–water partition coefficient (Wildman–Crippen LogP) is 1.48. The van der Waals surface area contributed by atoms with Crippen LogP contribution in [0, 0.1) is 5.92 Å². The zero-order valence-corrected chi connectivity index (χ0v) is 18.4. The van der Waals surface area contributed by atoms with Gasteiger partial charge in [-0.1, -0.05) is 0 Å². The highest BCUT2D eigenvalue weighted by molar-refractivity contribution is 6.00. The predicted molar refractivity (Wildman–Crippen MR) is 118 cm³/mol. The number of carbonyl (C=O) groups is 3. The van der Waals surface area contributed by atoms with E-state index < -0.39 is 5.92 Å². The van der Waals surface area contributed by atoms with Crippen LogP contribution >= 0.6 is 0 Å². The van der Waals surface area contributed by atoms with Crippen molar-refractivity contribution in [3.05, 3.63) is 42.0 Å². The maximum Gasteiger partial charge on any atom is 0.254 e. The molecule has 0 spiro atoms. The van der Waals surface area contributed by atoms with Crippen molar-refractivity contribution in [2.75, 3.05) is 51.2 Å². The summed E-state index contributed by atoms with van der Waals surface area (Å²) in [5, 5.41) is 0. The highest BCUT2D eigenvalue weighted by Crippen LogP contribution is 2.37. The summed E-state index contributed by atoms with van der Waals surface area (Å²) >= 11 is 0. The van der Waals surface area contributed by atoms with Crippen LogP contribution in [0.1, 0.15) is 16.8 Å². The number of nitrogens with zero attached hydrogens (tertiary/aromatic N) is 3. The van der Waals surface area contributed by atoms with Crippen molar-refractivity contribution in [3.8, 4) is 23.0 Å². The van der Waals surface area contributed by atoms with Crippen LogP contribution in [-0.2, 0) is 9.59 Å². The molecule has 4 heterocycles. The van der Waals surface area contributed by atoms with Gasteiger partial charge in [0.25, 0.3) is 5.91 Å². The second kappa shape index (κ2) is 8.12. The molecule has 2 aromatic carbocycles. The summed E-state index contributed by atoms with van der Waals surface area (Å²) in [6, 6.07) is 10.5. The summed E-state index contributed by atoms with van der Waals surface area (Å²) in [6.07, 6.45) is 0.170. The summed E-state index contributed by atoms with van der Waals surface area (Å²) < 4.78 is 21.4. The molecule has 3 amide bonds. The van der Waals surface area contributed by atoms with Crippen LogP contribution in [0.2, 0.25) is 0 Å². The monoisotopic (exact) mass is 465 g/mol. The number of hydrogen-bond acceptors (Lipinski definition) is 7. The van der Waals surface area contributed by atoms with Crippen molar-refractivity contribution in [1.29, 1.82) is 0 Å². The molecule has 4 aliphatic rings. The molecule has 4 aliphatic heterocycles. The molecule has 1 unspecified atom stereocenters. The van der Waals surface area contributed by atoms with Crippen molar-refractivity contribution in [1.82, 2.24) is 9.80 Å². The van der Waals surface area contributed by atoms with E-state index in [-0.39, 0.29) is 37.7 Å². The molecule has 10 nitrogen and oxygen atoms in total. The van der Waals surface area contributed by atoms with Gasteiger partial charge in [0.15, 0.2) is 23.0 Å². The zero-order chi connectivity index (χ0) is 23.2. The quantitative estimate of drug-likeness (QED) is 0.677. The van der Waals surface area contributed by atoms with E-state index in [0.29, 0.717) is 67.0 Å². The molecule has 176 valence electrons. The van der Waals surface area contributed by atoms with Gasteiger partial charge in [0.05, 0.1) is 5.92 Å². The number of anilines is 1. The van der Waals surface area contributed by atoms with E-state index in [1.165, 1.54) is 0 Å². The highest BCUT2D eigenvalue weighted by atomic mass is 16.7. The van der Waals surface area contributed by atoms with E-state index >= 15 is 0 Å². The Morgan fingerprint density at radius 2 is 1.38 bits per heavy atom. The number of fused-ring (bicyclic) bond motifs is 2. The third-order valence-corrected chi connectivity index (χ3v) is 6.64. The van der Waals surface area contributed by atoms with Crippen molar-refractivity contribution in [2.45, 2.75) is 6.42 Å². The van der Waals surface area contributed by atoms with Gasteiger partial charge in [0.1, 0.15) is 0 Å². The lowest BCUT2D eigenvalue weighted by Gasteiger charge is -2.36. The fourth-order valence-electron chi connectivity index (χ4n) is 4.78. The Labute approximate surface area is 195 Å². The van der Waals surface area contributed by atoms with E-state index in [2.05, 4.69) is 0 Å². The largest absolute Gasteiger partial charge is 0.454 e. The molecule has 2 fully saturated rings. The van der Waals surface area contributed by atoms with Gasteiger partial charge in [-0.05, 0) is 30.3 Å². The van der Waals surface area contributed by atoms with E-state index in [1.807, 2.05) is 0 Å². The van der Waals surface area contributed by atoms with Gasteiger partial charge in [0, 0.05) is 56.5 Å². The summed E-state index contributed by atoms with van der Waals surface area (Å²) in [5.74, 6) is 1.80. The first kappa shape index (κ1) is 20.6. The zero-order valence-electron chi connectivity index (χ0n) is 18.4. The molecule has 0 bridgehead atoms. The number of hydrogen-bond donors (Lipinski definition) is 0. The molecular weight excluding hydrogens is 442 g/mol. The number of amides is 3. The first-order valence-corrected chi connectivity index (χ1v) is 11.2. The lowest BCUT2D eigenvalue weighted by Crippen LogP contribution is -2.52. The summed E-state index contributed by atoms with van der Waals surface area (Å²) in [5.41, 5.74) is 1.23. The average molecular weight is 465 g/mol. The number of rotatable bonds is 3. The average Bonchev–Trinajstić information content (AvgIpc) is 3.61. The minimum absolute atomic E-state index is 0.0493. The molecule has 2 aromatic rings. The Morgan fingerprint density at radius 3 is 2.12 bits per heavy atom. The molecule has 0 saturated carbocycles. The maximum absolute atomic E-state index is 13.2. The lowest BCUT2D eigenvalue weighted by atomic mass is 10.1. The van der Waals surface area contributed by atoms with E-state index in [0.717, 1.165) is 0 Å². The Balaban J connectivity index is 1.07. The molecule has 1 atom stereocenters. The Bertz CT molecular complexity index is 1180. The van der Waals surface area contributed by atoms with Crippen molar-refractivity contribution in [3.63, 3.8) is 0 Å². The Morgan fingerprint density at radius 1 is 0.765 bits per heavy atom. The molecular formula is C24H23N3O7. The third-order valence-electron chi connectivity index (χ3n) is 6.64. The van der Waals surface area contributed by atoms with Crippen LogP contribution in [0.15, 0.2) is 36.4 Å². The Hall–Kier alpha value is -3.95. The molecule has 0 aliphatic carbocycles. The summed E-state index contributed by atoms with van der Waals surface area (Å²) in [6.45, 7) is 2.39. The first-order valence-electron chi connectivity index (χ1n) is 11.2. The topological polar surface area (TPSA) is 97.9 Å². The SMILES string of the molecule is O=C(c1ccc2c(c1)OCO2)N1CCN(C(=O)C2CC(=O)N(c3ccc4c(c3)OCO4)C2)CC1. The molecule has 2 saturated heterocycles. The molecule has 10 heteroatoms. The van der Waals surface area contributed by atoms with Crippen LogP contribution in [0.25, 0.3) is 0 Å². The van der Waals surface area contributed by atoms with Gasteiger partial charge in [-0.25, -0.2) is 0 Å². The fraction of sp³-hybridized carbons (Fsp3) is 0.375. The van der Waals surface area contributed by atoms with E-state index in [9.17, 15) is 14.4 Å². The summed E-state index contributed by atoms with van der Waals surface area (Å²) in [4.78, 5) is 43.8. The maximum atomic E-state index is 13.2. The van der Waals surface area contributed by atoms with Gasteiger partial charge in [-0.2, -0.15) is 0 Å². The minimum atomic E-state index is -0.408. The van der Waals surface area contributed by atoms with Gasteiger partial charge in [-0.3, -0.25) is 14.4 Å². The van der Waals surface area contributed by atoms with Gasteiger partial charge in [0.2, 0.25) is 25.4 Å². The lowest BCUT2D eigenvalue weighted by molar-refractivity contribution is -0.137. The molecule has 0 aromatic heterocycles. The van der Waals surface area contributed by atoms with Crippen LogP contribution in [-0.4, -0.2) is 73.8 Å². The van der Waals surface area contributed by atoms with E-state index in [1.54, 1.807) is 51.1 Å². The third kappa shape index (κ3) is 3.55. The van der Waals surface area contributed by atoms with Crippen LogP contribution < -0.4 is 23.8 Å². The van der Waals surface area contributed by atoms with E-state index in [4.69, 9.17) is 18.9 Å². The van der Waals surface area contributed by atoms with Gasteiger partial charge in [-0.15, -0.1) is 0 Å². The minimum Gasteiger partial charge on any atom is -0.454 e. The fourth-order valence-corrected chi connectivity index (χ4v) is 4.78. The molecule has 6 rings (SSSR count). The standard InChI is InChI=1S/C24H23N3O7/c28-22-10-16(12-27(22)17-2-4-19-21(11-17)34-14-32-19)24(30)26-7-5-25(6-8-26)23(29)15-1-3-18-20(9-15)33-13-31-18/h1-4,9,11,16H,5-8,10,12-14H2. The van der Waals surface area contributed by atoms with Crippen molar-refractivity contribution < 1.29 is 33.3 Å².